The summed E-state index contributed by atoms with van der Waals surface area (Å²) in [7, 11) is 0. The van der Waals surface area contributed by atoms with E-state index in [0.717, 1.165) is 12.8 Å². The van der Waals surface area contributed by atoms with Crippen LogP contribution in [0.1, 0.15) is 44.8 Å². The molecule has 2 atom stereocenters. The predicted molar refractivity (Wildman–Crippen MR) is 73.7 cm³/mol. The molecule has 0 aliphatic carbocycles. The van der Waals surface area contributed by atoms with E-state index in [1.807, 2.05) is 11.8 Å². The minimum absolute atomic E-state index is 0.306. The molecule has 0 amide bonds. The Labute approximate surface area is 113 Å². The van der Waals surface area contributed by atoms with Crippen LogP contribution in [0.3, 0.4) is 0 Å². The molecular formula is C15H22FNO2. The van der Waals surface area contributed by atoms with Crippen LogP contribution in [0.25, 0.3) is 0 Å². The summed E-state index contributed by atoms with van der Waals surface area (Å²) in [6, 6.07) is 4.80. The lowest BCUT2D eigenvalue weighted by atomic mass is 9.98. The van der Waals surface area contributed by atoms with Crippen molar-refractivity contribution in [1.82, 2.24) is 0 Å². The summed E-state index contributed by atoms with van der Waals surface area (Å²) >= 11 is 0. The summed E-state index contributed by atoms with van der Waals surface area (Å²) < 4.78 is 14.1. The number of aliphatic hydroxyl groups is 2. The standard InChI is InChI=1S/C15H22FNO2/c1-11(18)12-5-3-6-13(16)14(12)17-9-4-7-15(2,19)8-10-17/h3,5-6,11,18-19H,4,7-10H2,1-2H3/t11-,15?/m0/s1. The van der Waals surface area contributed by atoms with Gasteiger partial charge in [0.1, 0.15) is 5.82 Å². The Hall–Kier alpha value is -1.13. The molecule has 2 N–H and O–H groups in total. The Kier molecular flexibility index (Phi) is 4.11. The molecule has 0 spiro atoms. The molecule has 1 heterocycles. The minimum Gasteiger partial charge on any atom is -0.390 e. The lowest BCUT2D eigenvalue weighted by molar-refractivity contribution is 0.0481. The molecule has 3 nitrogen and oxygen atoms in total. The van der Waals surface area contributed by atoms with Crippen molar-refractivity contribution in [1.29, 1.82) is 0 Å². The molecule has 0 bridgehead atoms. The molecule has 1 saturated heterocycles. The zero-order valence-electron chi connectivity index (χ0n) is 11.6. The van der Waals surface area contributed by atoms with Gasteiger partial charge in [-0.25, -0.2) is 4.39 Å². The number of rotatable bonds is 2. The molecule has 106 valence electrons. The van der Waals surface area contributed by atoms with Gasteiger partial charge in [-0.1, -0.05) is 12.1 Å². The SMILES string of the molecule is C[C@H](O)c1cccc(F)c1N1CCCC(C)(O)CC1. The highest BCUT2D eigenvalue weighted by Gasteiger charge is 2.27. The summed E-state index contributed by atoms with van der Waals surface area (Å²) in [6.45, 7) is 4.78. The quantitative estimate of drug-likeness (QED) is 0.865. The van der Waals surface area contributed by atoms with Gasteiger partial charge in [0.2, 0.25) is 0 Å². The highest BCUT2D eigenvalue weighted by molar-refractivity contribution is 5.56. The molecule has 1 aromatic rings. The van der Waals surface area contributed by atoms with E-state index >= 15 is 0 Å². The first-order valence-electron chi connectivity index (χ1n) is 6.84. The smallest absolute Gasteiger partial charge is 0.146 e. The second-order valence-electron chi connectivity index (χ2n) is 5.69. The molecular weight excluding hydrogens is 245 g/mol. The average molecular weight is 267 g/mol. The zero-order chi connectivity index (χ0) is 14.0. The highest BCUT2D eigenvalue weighted by Crippen LogP contribution is 2.32. The molecule has 19 heavy (non-hydrogen) atoms. The van der Waals surface area contributed by atoms with E-state index in [1.54, 1.807) is 19.1 Å². The van der Waals surface area contributed by atoms with Gasteiger partial charge in [0.25, 0.3) is 0 Å². The predicted octanol–water partition coefficient (Wildman–Crippen LogP) is 2.62. The van der Waals surface area contributed by atoms with E-state index in [2.05, 4.69) is 0 Å². The Morgan fingerprint density at radius 1 is 1.32 bits per heavy atom. The Bertz CT molecular complexity index is 446. The van der Waals surface area contributed by atoms with Crippen LogP contribution in [0.2, 0.25) is 0 Å². The fourth-order valence-electron chi connectivity index (χ4n) is 2.69. The molecule has 0 saturated carbocycles. The van der Waals surface area contributed by atoms with Crippen molar-refractivity contribution in [3.8, 4) is 0 Å². The summed E-state index contributed by atoms with van der Waals surface area (Å²) in [5.74, 6) is -0.306. The van der Waals surface area contributed by atoms with Gasteiger partial charge in [-0.05, 0) is 39.2 Å². The largest absolute Gasteiger partial charge is 0.390 e. The molecule has 0 radical (unpaired) electrons. The maximum Gasteiger partial charge on any atom is 0.146 e. The number of hydrogen-bond acceptors (Lipinski definition) is 3. The van der Waals surface area contributed by atoms with Crippen LogP contribution in [0.4, 0.5) is 10.1 Å². The van der Waals surface area contributed by atoms with Crippen LogP contribution in [-0.4, -0.2) is 28.9 Å². The highest BCUT2D eigenvalue weighted by atomic mass is 19.1. The minimum atomic E-state index is -0.700. The first kappa shape index (κ1) is 14.3. The van der Waals surface area contributed by atoms with Crippen molar-refractivity contribution >= 4 is 5.69 Å². The van der Waals surface area contributed by atoms with E-state index < -0.39 is 11.7 Å². The summed E-state index contributed by atoms with van der Waals surface area (Å²) in [4.78, 5) is 1.94. The number of halogens is 1. The van der Waals surface area contributed by atoms with Gasteiger partial charge < -0.3 is 15.1 Å². The van der Waals surface area contributed by atoms with E-state index in [-0.39, 0.29) is 5.82 Å². The van der Waals surface area contributed by atoms with Crippen LogP contribution < -0.4 is 4.90 Å². The fourth-order valence-corrected chi connectivity index (χ4v) is 2.69. The van der Waals surface area contributed by atoms with Gasteiger partial charge in [-0.2, -0.15) is 0 Å². The fraction of sp³-hybridized carbons (Fsp3) is 0.600. The van der Waals surface area contributed by atoms with Crippen LogP contribution >= 0.6 is 0 Å². The molecule has 0 aromatic heterocycles. The summed E-state index contributed by atoms with van der Waals surface area (Å²) in [6.07, 6.45) is 1.46. The van der Waals surface area contributed by atoms with Gasteiger partial charge in [0, 0.05) is 18.7 Å². The topological polar surface area (TPSA) is 43.7 Å². The zero-order valence-corrected chi connectivity index (χ0v) is 11.6. The van der Waals surface area contributed by atoms with E-state index in [9.17, 15) is 14.6 Å². The molecule has 1 aliphatic heterocycles. The summed E-state index contributed by atoms with van der Waals surface area (Å²) in [5, 5.41) is 19.9. The van der Waals surface area contributed by atoms with Crippen molar-refractivity contribution in [3.63, 3.8) is 0 Å². The van der Waals surface area contributed by atoms with Gasteiger partial charge in [0.05, 0.1) is 17.4 Å². The number of nitrogens with zero attached hydrogens (tertiary/aromatic N) is 1. The number of aliphatic hydroxyl groups excluding tert-OH is 1. The average Bonchev–Trinajstić information content (AvgIpc) is 2.50. The molecule has 2 rings (SSSR count). The van der Waals surface area contributed by atoms with E-state index in [1.165, 1.54) is 6.07 Å². The Morgan fingerprint density at radius 3 is 2.74 bits per heavy atom. The summed E-state index contributed by atoms with van der Waals surface area (Å²) in [5.41, 5.74) is 0.419. The third-order valence-electron chi connectivity index (χ3n) is 3.85. The van der Waals surface area contributed by atoms with E-state index in [0.29, 0.717) is 30.8 Å². The number of anilines is 1. The number of hydrogen-bond donors (Lipinski definition) is 2. The molecule has 1 fully saturated rings. The van der Waals surface area contributed by atoms with Crippen molar-refractivity contribution < 1.29 is 14.6 Å². The Balaban J connectivity index is 2.31. The monoisotopic (exact) mass is 267 g/mol. The Morgan fingerprint density at radius 2 is 2.05 bits per heavy atom. The third-order valence-corrected chi connectivity index (χ3v) is 3.85. The van der Waals surface area contributed by atoms with Crippen molar-refractivity contribution in [2.24, 2.45) is 0 Å². The van der Waals surface area contributed by atoms with Crippen molar-refractivity contribution in [2.45, 2.75) is 44.8 Å². The first-order valence-corrected chi connectivity index (χ1v) is 6.84. The van der Waals surface area contributed by atoms with Crippen LogP contribution in [0, 0.1) is 5.82 Å². The van der Waals surface area contributed by atoms with Crippen LogP contribution in [-0.2, 0) is 0 Å². The van der Waals surface area contributed by atoms with E-state index in [4.69, 9.17) is 0 Å². The van der Waals surface area contributed by atoms with Crippen molar-refractivity contribution in [2.75, 3.05) is 18.0 Å². The maximum atomic E-state index is 14.1. The van der Waals surface area contributed by atoms with Gasteiger partial charge in [0.15, 0.2) is 0 Å². The lowest BCUT2D eigenvalue weighted by Gasteiger charge is -2.27. The normalized spacial score (nSPS) is 26.1. The van der Waals surface area contributed by atoms with Crippen molar-refractivity contribution in [3.05, 3.63) is 29.6 Å². The van der Waals surface area contributed by atoms with Gasteiger partial charge >= 0.3 is 0 Å². The molecule has 1 unspecified atom stereocenters. The number of para-hydroxylation sites is 1. The van der Waals surface area contributed by atoms with Gasteiger partial charge in [-0.15, -0.1) is 0 Å². The molecule has 4 heteroatoms. The number of benzene rings is 1. The molecule has 1 aliphatic rings. The second-order valence-corrected chi connectivity index (χ2v) is 5.69. The van der Waals surface area contributed by atoms with Gasteiger partial charge in [-0.3, -0.25) is 0 Å². The first-order chi connectivity index (χ1) is 8.91. The third kappa shape index (κ3) is 3.25. The lowest BCUT2D eigenvalue weighted by Crippen LogP contribution is -2.29. The second kappa shape index (κ2) is 5.47. The molecule has 1 aromatic carbocycles. The maximum absolute atomic E-state index is 14.1. The van der Waals surface area contributed by atoms with Crippen LogP contribution in [0.5, 0.6) is 0 Å². The van der Waals surface area contributed by atoms with Crippen LogP contribution in [0.15, 0.2) is 18.2 Å².